The Morgan fingerprint density at radius 3 is 2.58 bits per heavy atom. The highest BCUT2D eigenvalue weighted by Crippen LogP contribution is 2.39. The lowest BCUT2D eigenvalue weighted by molar-refractivity contribution is -0.138. The zero-order chi connectivity index (χ0) is 18.9. The number of benzene rings is 1. The van der Waals surface area contributed by atoms with Crippen molar-refractivity contribution < 1.29 is 22.8 Å². The van der Waals surface area contributed by atoms with E-state index < -0.39 is 17.6 Å². The van der Waals surface area contributed by atoms with Crippen LogP contribution < -0.4 is 10.6 Å². The molecule has 1 aromatic heterocycles. The van der Waals surface area contributed by atoms with Crippen LogP contribution in [0.5, 0.6) is 0 Å². The summed E-state index contributed by atoms with van der Waals surface area (Å²) in [6, 6.07) is 6.87. The number of aromatic nitrogens is 1. The second kappa shape index (κ2) is 6.78. The lowest BCUT2D eigenvalue weighted by Gasteiger charge is -2.31. The number of amides is 2. The minimum Gasteiger partial charge on any atom is -0.364 e. The molecule has 0 aliphatic carbocycles. The molecule has 8 heteroatoms. The molecule has 0 bridgehead atoms. The molecule has 0 saturated heterocycles. The molecule has 136 valence electrons. The van der Waals surface area contributed by atoms with Gasteiger partial charge in [-0.1, -0.05) is 12.1 Å². The van der Waals surface area contributed by atoms with Crippen LogP contribution in [-0.4, -0.2) is 23.3 Å². The zero-order valence-electron chi connectivity index (χ0n) is 13.7. The van der Waals surface area contributed by atoms with E-state index in [-0.39, 0.29) is 30.0 Å². The maximum Gasteiger partial charge on any atom is 0.416 e. The van der Waals surface area contributed by atoms with Crippen molar-refractivity contribution >= 4 is 17.5 Å². The van der Waals surface area contributed by atoms with E-state index in [2.05, 4.69) is 4.98 Å². The Balaban J connectivity index is 1.85. The Labute approximate surface area is 147 Å². The van der Waals surface area contributed by atoms with Crippen LogP contribution in [0.15, 0.2) is 36.5 Å². The molecule has 2 N–H and O–H groups in total. The summed E-state index contributed by atoms with van der Waals surface area (Å²) in [7, 11) is 0. The third-order valence-electron chi connectivity index (χ3n) is 4.29. The molecule has 1 aromatic carbocycles. The minimum absolute atomic E-state index is 0.0261. The Morgan fingerprint density at radius 2 is 1.96 bits per heavy atom. The van der Waals surface area contributed by atoms with Crippen LogP contribution in [0.2, 0.25) is 0 Å². The maximum absolute atomic E-state index is 13.2. The quantitative estimate of drug-likeness (QED) is 0.911. The Kier molecular flexibility index (Phi) is 4.67. The summed E-state index contributed by atoms with van der Waals surface area (Å²) in [6.07, 6.45) is -2.36. The highest BCUT2D eigenvalue weighted by atomic mass is 19.4. The molecule has 0 unspecified atom stereocenters. The first-order chi connectivity index (χ1) is 12.3. The third-order valence-corrected chi connectivity index (χ3v) is 4.29. The summed E-state index contributed by atoms with van der Waals surface area (Å²) in [5, 5.41) is 0. The summed E-state index contributed by atoms with van der Waals surface area (Å²) >= 11 is 0. The normalized spacial score (nSPS) is 14.0. The highest BCUT2D eigenvalue weighted by molar-refractivity contribution is 5.96. The summed E-state index contributed by atoms with van der Waals surface area (Å²) in [6.45, 7) is 0.361. The lowest BCUT2D eigenvalue weighted by atomic mass is 9.95. The number of hydrogen-bond acceptors (Lipinski definition) is 3. The molecule has 3 rings (SSSR count). The van der Waals surface area contributed by atoms with Crippen LogP contribution in [0.1, 0.15) is 33.6 Å². The Hall–Kier alpha value is -2.90. The number of fused-ring (bicyclic) bond motifs is 1. The molecule has 2 aromatic rings. The molecular weight excluding hydrogens is 347 g/mol. The predicted octanol–water partition coefficient (Wildman–Crippen LogP) is 2.72. The van der Waals surface area contributed by atoms with Crippen LogP contribution >= 0.6 is 0 Å². The number of primary amides is 1. The zero-order valence-corrected chi connectivity index (χ0v) is 13.7. The summed E-state index contributed by atoms with van der Waals surface area (Å²) in [5.74, 6) is -0.994. The van der Waals surface area contributed by atoms with E-state index >= 15 is 0 Å². The van der Waals surface area contributed by atoms with Gasteiger partial charge in [0.25, 0.3) is 5.91 Å². The molecule has 26 heavy (non-hydrogen) atoms. The van der Waals surface area contributed by atoms with Gasteiger partial charge in [0.1, 0.15) is 5.69 Å². The highest BCUT2D eigenvalue weighted by Gasteiger charge is 2.36. The topological polar surface area (TPSA) is 76.3 Å². The van der Waals surface area contributed by atoms with Crippen molar-refractivity contribution in [2.75, 3.05) is 11.4 Å². The van der Waals surface area contributed by atoms with Crippen molar-refractivity contribution in [2.24, 2.45) is 5.73 Å². The summed E-state index contributed by atoms with van der Waals surface area (Å²) in [4.78, 5) is 28.9. The first kappa shape index (κ1) is 17.9. The van der Waals surface area contributed by atoms with Crippen LogP contribution in [0.4, 0.5) is 18.9 Å². The molecule has 0 fully saturated rings. The molecule has 2 amide bonds. The second-order valence-electron chi connectivity index (χ2n) is 6.04. The van der Waals surface area contributed by atoms with Gasteiger partial charge in [0, 0.05) is 18.4 Å². The minimum atomic E-state index is -4.45. The van der Waals surface area contributed by atoms with Gasteiger partial charge in [-0.25, -0.2) is 0 Å². The van der Waals surface area contributed by atoms with Gasteiger partial charge in [-0.3, -0.25) is 14.6 Å². The molecular formula is C18H16F3N3O2. The molecule has 1 aliphatic rings. The Morgan fingerprint density at radius 1 is 1.19 bits per heavy atom. The number of halogens is 3. The predicted molar refractivity (Wildman–Crippen MR) is 88.6 cm³/mol. The van der Waals surface area contributed by atoms with Gasteiger partial charge in [-0.2, -0.15) is 13.2 Å². The van der Waals surface area contributed by atoms with Gasteiger partial charge in [0.2, 0.25) is 5.91 Å². The average molecular weight is 363 g/mol. The largest absolute Gasteiger partial charge is 0.416 e. The molecule has 2 heterocycles. The molecule has 0 radical (unpaired) electrons. The van der Waals surface area contributed by atoms with E-state index in [9.17, 15) is 22.8 Å². The number of pyridine rings is 1. The van der Waals surface area contributed by atoms with E-state index in [0.717, 1.165) is 6.07 Å². The average Bonchev–Trinajstić information content (AvgIpc) is 2.60. The summed E-state index contributed by atoms with van der Waals surface area (Å²) < 4.78 is 39.6. The van der Waals surface area contributed by atoms with Crippen LogP contribution in [0, 0.1) is 0 Å². The first-order valence-corrected chi connectivity index (χ1v) is 8.01. The number of rotatable bonds is 3. The van der Waals surface area contributed by atoms with E-state index in [4.69, 9.17) is 5.73 Å². The van der Waals surface area contributed by atoms with Crippen LogP contribution in [0.25, 0.3) is 0 Å². The molecule has 0 saturated carbocycles. The fourth-order valence-electron chi connectivity index (χ4n) is 3.09. The second-order valence-corrected chi connectivity index (χ2v) is 6.04. The van der Waals surface area contributed by atoms with Crippen molar-refractivity contribution in [1.29, 1.82) is 0 Å². The van der Waals surface area contributed by atoms with Gasteiger partial charge in [0.05, 0.1) is 12.0 Å². The number of carbonyl (C=O) groups is 2. The maximum atomic E-state index is 13.2. The van der Waals surface area contributed by atoms with Crippen molar-refractivity contribution in [3.05, 3.63) is 58.9 Å². The smallest absolute Gasteiger partial charge is 0.364 e. The first-order valence-electron chi connectivity index (χ1n) is 8.01. The number of alkyl halides is 3. The fraction of sp³-hybridized carbons (Fsp3) is 0.278. The van der Waals surface area contributed by atoms with Gasteiger partial charge < -0.3 is 10.6 Å². The van der Waals surface area contributed by atoms with Crippen molar-refractivity contribution in [2.45, 2.75) is 25.4 Å². The fourth-order valence-corrected chi connectivity index (χ4v) is 3.09. The number of anilines is 1. The van der Waals surface area contributed by atoms with E-state index in [1.165, 1.54) is 29.3 Å². The molecule has 1 aliphatic heterocycles. The van der Waals surface area contributed by atoms with Crippen LogP contribution in [0.3, 0.4) is 0 Å². The van der Waals surface area contributed by atoms with Crippen molar-refractivity contribution in [1.82, 2.24) is 4.98 Å². The SMILES string of the molecule is NC(=O)c1ccc(CC(=O)N2CCCc3c2cccc3C(F)(F)F)cn1. The Bertz CT molecular complexity index is 848. The van der Waals surface area contributed by atoms with E-state index in [0.29, 0.717) is 24.2 Å². The summed E-state index contributed by atoms with van der Waals surface area (Å²) in [5.41, 5.74) is 5.52. The number of nitrogens with zero attached hydrogens (tertiary/aromatic N) is 2. The standard InChI is InChI=1S/C18H16F3N3O2/c19-18(20,21)13-4-1-5-15-12(13)3-2-8-24(15)16(25)9-11-6-7-14(17(22)26)23-10-11/h1,4-7,10H,2-3,8-9H2,(H2,22,26). The van der Waals surface area contributed by atoms with Gasteiger partial charge in [0.15, 0.2) is 0 Å². The molecule has 0 spiro atoms. The van der Waals surface area contributed by atoms with Gasteiger partial charge in [-0.05, 0) is 42.2 Å². The number of hydrogen-bond donors (Lipinski definition) is 1. The van der Waals surface area contributed by atoms with E-state index in [1.54, 1.807) is 6.07 Å². The third kappa shape index (κ3) is 3.54. The van der Waals surface area contributed by atoms with Gasteiger partial charge in [-0.15, -0.1) is 0 Å². The van der Waals surface area contributed by atoms with Gasteiger partial charge >= 0.3 is 6.18 Å². The number of carbonyl (C=O) groups excluding carboxylic acids is 2. The van der Waals surface area contributed by atoms with Crippen molar-refractivity contribution in [3.8, 4) is 0 Å². The van der Waals surface area contributed by atoms with Crippen molar-refractivity contribution in [3.63, 3.8) is 0 Å². The van der Waals surface area contributed by atoms with E-state index in [1.807, 2.05) is 0 Å². The molecule has 0 atom stereocenters. The number of nitrogens with two attached hydrogens (primary N) is 1. The molecule has 5 nitrogen and oxygen atoms in total. The van der Waals surface area contributed by atoms with Crippen LogP contribution in [-0.2, 0) is 23.8 Å². The lowest BCUT2D eigenvalue weighted by Crippen LogP contribution is -2.37. The monoisotopic (exact) mass is 363 g/mol.